The fraction of sp³-hybridized carbons (Fsp3) is 0.0833. The van der Waals surface area contributed by atoms with Gasteiger partial charge < -0.3 is 4.90 Å². The van der Waals surface area contributed by atoms with Gasteiger partial charge in [0.05, 0.1) is 0 Å². The molecule has 1 nitrogen and oxygen atoms in total. The number of hydrogen-bond donors (Lipinski definition) is 0. The second kappa shape index (κ2) is 14.1. The van der Waals surface area contributed by atoms with Crippen molar-refractivity contribution in [2.45, 2.75) is 25.2 Å². The van der Waals surface area contributed by atoms with Crippen molar-refractivity contribution in [3.8, 4) is 33.4 Å². The van der Waals surface area contributed by atoms with Crippen molar-refractivity contribution in [1.82, 2.24) is 0 Å². The molecule has 0 saturated heterocycles. The Morgan fingerprint density at radius 2 is 1.08 bits per heavy atom. The van der Waals surface area contributed by atoms with E-state index >= 15 is 0 Å². The lowest BCUT2D eigenvalue weighted by Crippen LogP contribution is -2.17. The van der Waals surface area contributed by atoms with E-state index in [-0.39, 0.29) is 0 Å². The van der Waals surface area contributed by atoms with Crippen molar-refractivity contribution in [1.29, 1.82) is 0 Å². The van der Waals surface area contributed by atoms with E-state index < -0.39 is 0 Å². The Hall–Kier alpha value is -5.92. The average Bonchev–Trinajstić information content (AvgIpc) is 3.20. The van der Waals surface area contributed by atoms with E-state index in [1.165, 1.54) is 55.8 Å². The molecule has 0 bridgehead atoms. The molecule has 236 valence electrons. The van der Waals surface area contributed by atoms with E-state index in [2.05, 4.69) is 199 Å². The Balaban J connectivity index is 1.20. The molecule has 8 rings (SSSR count). The highest BCUT2D eigenvalue weighted by Gasteiger charge is 2.21. The third-order valence-corrected chi connectivity index (χ3v) is 9.72. The molecule has 2 aliphatic rings. The summed E-state index contributed by atoms with van der Waals surface area (Å²) in [4.78, 5) is 2.43. The number of rotatable bonds is 8. The Morgan fingerprint density at radius 1 is 0.510 bits per heavy atom. The summed E-state index contributed by atoms with van der Waals surface area (Å²) in [6.07, 6.45) is 16.9. The van der Waals surface area contributed by atoms with Gasteiger partial charge in [-0.1, -0.05) is 164 Å². The SMILES string of the molecule is C1=CCCC(c2cc(N(C3=CCC(c4ccccc4)C=C3)c3ccc(-c4ccccc4)cc3)ccc2-c2ccc(-c3ccccc3)cc2)=C1. The third kappa shape index (κ3) is 6.62. The van der Waals surface area contributed by atoms with Crippen LogP contribution < -0.4 is 4.90 Å². The molecule has 1 atom stereocenters. The third-order valence-electron chi connectivity index (χ3n) is 9.72. The lowest BCUT2D eigenvalue weighted by atomic mass is 9.88. The predicted octanol–water partition coefficient (Wildman–Crippen LogP) is 13.2. The van der Waals surface area contributed by atoms with Crippen molar-refractivity contribution >= 4 is 16.9 Å². The first kappa shape index (κ1) is 30.4. The number of allylic oxidation sites excluding steroid dienone is 7. The summed E-state index contributed by atoms with van der Waals surface area (Å²) in [5, 5.41) is 0. The number of nitrogens with zero attached hydrogens (tertiary/aromatic N) is 1. The first-order valence-electron chi connectivity index (χ1n) is 17.3. The molecule has 0 heterocycles. The van der Waals surface area contributed by atoms with Crippen LogP contribution in [0.4, 0.5) is 11.4 Å². The fourth-order valence-corrected chi connectivity index (χ4v) is 7.09. The van der Waals surface area contributed by atoms with Crippen molar-refractivity contribution in [2.24, 2.45) is 0 Å². The summed E-state index contributed by atoms with van der Waals surface area (Å²) in [6.45, 7) is 0. The zero-order chi connectivity index (χ0) is 32.8. The monoisotopic (exact) mass is 629 g/mol. The van der Waals surface area contributed by atoms with E-state index in [0.717, 1.165) is 30.6 Å². The maximum atomic E-state index is 2.43. The van der Waals surface area contributed by atoms with Gasteiger partial charge in [0.25, 0.3) is 0 Å². The second-order valence-corrected chi connectivity index (χ2v) is 12.8. The van der Waals surface area contributed by atoms with Gasteiger partial charge in [-0.15, -0.1) is 0 Å². The summed E-state index contributed by atoms with van der Waals surface area (Å²) in [5.74, 6) is 0.378. The molecular weight excluding hydrogens is 591 g/mol. The van der Waals surface area contributed by atoms with Gasteiger partial charge in [-0.05, 0) is 99.7 Å². The summed E-state index contributed by atoms with van der Waals surface area (Å²) < 4.78 is 0. The van der Waals surface area contributed by atoms with Crippen LogP contribution in [-0.4, -0.2) is 0 Å². The largest absolute Gasteiger partial charge is 0.311 e. The van der Waals surface area contributed by atoms with Gasteiger partial charge in [-0.25, -0.2) is 0 Å². The van der Waals surface area contributed by atoms with Crippen LogP contribution in [0.3, 0.4) is 0 Å². The molecule has 0 radical (unpaired) electrons. The zero-order valence-electron chi connectivity index (χ0n) is 27.6. The molecule has 0 spiro atoms. The van der Waals surface area contributed by atoms with E-state index in [9.17, 15) is 0 Å². The maximum Gasteiger partial charge on any atom is 0.0467 e. The normalized spacial score (nSPS) is 15.4. The number of anilines is 2. The van der Waals surface area contributed by atoms with Crippen molar-refractivity contribution in [3.05, 3.63) is 211 Å². The highest BCUT2D eigenvalue weighted by Crippen LogP contribution is 2.41. The molecule has 0 aromatic heterocycles. The summed E-state index contributed by atoms with van der Waals surface area (Å²) in [7, 11) is 0. The summed E-state index contributed by atoms with van der Waals surface area (Å²) in [6, 6.07) is 57.2. The first-order valence-corrected chi connectivity index (χ1v) is 17.3. The first-order chi connectivity index (χ1) is 24.3. The Bertz CT molecular complexity index is 2150. The molecule has 0 fully saturated rings. The van der Waals surface area contributed by atoms with Crippen molar-refractivity contribution < 1.29 is 0 Å². The number of hydrogen-bond acceptors (Lipinski definition) is 1. The zero-order valence-corrected chi connectivity index (χ0v) is 27.6. The topological polar surface area (TPSA) is 3.24 Å². The van der Waals surface area contributed by atoms with Gasteiger partial charge in [0, 0.05) is 23.0 Å². The van der Waals surface area contributed by atoms with Crippen LogP contribution >= 0.6 is 0 Å². The van der Waals surface area contributed by atoms with Gasteiger partial charge in [-0.3, -0.25) is 0 Å². The van der Waals surface area contributed by atoms with Gasteiger partial charge in [0.1, 0.15) is 0 Å². The molecule has 2 aliphatic carbocycles. The Labute approximate surface area is 290 Å². The van der Waals surface area contributed by atoms with E-state index in [0.29, 0.717) is 5.92 Å². The standard InChI is InChI=1S/C48H39N/c1-5-13-36(14-6-1)39-21-23-43(24-22-39)47-34-33-46(35-48(47)42-19-11-4-12-20-42)49(44-29-25-40(26-30-44)37-15-7-2-8-16-37)45-31-27-41(28-32-45)38-17-9-3-10-18-38/h1-11,13-19,21-27,29-35,41H,12,20,28H2. The average molecular weight is 630 g/mol. The molecule has 0 N–H and O–H groups in total. The smallest absolute Gasteiger partial charge is 0.0467 e. The summed E-state index contributed by atoms with van der Waals surface area (Å²) in [5.41, 5.74) is 15.0. The van der Waals surface area contributed by atoms with Gasteiger partial charge in [-0.2, -0.15) is 0 Å². The van der Waals surface area contributed by atoms with E-state index in [1.54, 1.807) is 0 Å². The van der Waals surface area contributed by atoms with Crippen LogP contribution in [0.1, 0.15) is 36.3 Å². The molecule has 1 unspecified atom stereocenters. The molecule has 6 aromatic carbocycles. The lowest BCUT2D eigenvalue weighted by Gasteiger charge is -2.30. The molecule has 6 aromatic rings. The number of benzene rings is 6. The van der Waals surface area contributed by atoms with Crippen molar-refractivity contribution in [3.63, 3.8) is 0 Å². The Morgan fingerprint density at radius 3 is 1.67 bits per heavy atom. The van der Waals surface area contributed by atoms with Crippen LogP contribution in [0.25, 0.3) is 39.0 Å². The highest BCUT2D eigenvalue weighted by atomic mass is 15.1. The minimum Gasteiger partial charge on any atom is -0.311 e. The molecular formula is C48H39N. The maximum absolute atomic E-state index is 2.43. The minimum absolute atomic E-state index is 0.378. The fourth-order valence-electron chi connectivity index (χ4n) is 7.09. The molecule has 49 heavy (non-hydrogen) atoms. The quantitative estimate of drug-likeness (QED) is 0.162. The molecule has 0 amide bonds. The highest BCUT2D eigenvalue weighted by molar-refractivity contribution is 5.87. The molecule has 0 saturated carbocycles. The summed E-state index contributed by atoms with van der Waals surface area (Å²) >= 11 is 0. The van der Waals surface area contributed by atoms with Crippen LogP contribution in [-0.2, 0) is 0 Å². The van der Waals surface area contributed by atoms with Crippen LogP contribution in [0.2, 0.25) is 0 Å². The van der Waals surface area contributed by atoms with Crippen LogP contribution in [0.5, 0.6) is 0 Å². The van der Waals surface area contributed by atoms with Gasteiger partial charge >= 0.3 is 0 Å². The van der Waals surface area contributed by atoms with E-state index in [1.807, 2.05) is 0 Å². The molecule has 1 heteroatoms. The van der Waals surface area contributed by atoms with Crippen LogP contribution in [0.15, 0.2) is 200 Å². The van der Waals surface area contributed by atoms with Crippen LogP contribution in [0, 0.1) is 0 Å². The Kier molecular flexibility index (Phi) is 8.72. The lowest BCUT2D eigenvalue weighted by molar-refractivity contribution is 0.840. The van der Waals surface area contributed by atoms with Crippen molar-refractivity contribution in [2.75, 3.05) is 4.90 Å². The minimum atomic E-state index is 0.378. The van der Waals surface area contributed by atoms with Gasteiger partial charge in [0.2, 0.25) is 0 Å². The van der Waals surface area contributed by atoms with E-state index in [4.69, 9.17) is 0 Å². The second-order valence-electron chi connectivity index (χ2n) is 12.8. The van der Waals surface area contributed by atoms with Gasteiger partial charge in [0.15, 0.2) is 0 Å². The predicted molar refractivity (Wildman–Crippen MR) is 209 cm³/mol. The molecule has 0 aliphatic heterocycles.